The highest BCUT2D eigenvalue weighted by molar-refractivity contribution is 7.08. The van der Waals surface area contributed by atoms with Gasteiger partial charge in [0.15, 0.2) is 11.6 Å². The van der Waals surface area contributed by atoms with E-state index < -0.39 is 0 Å². The fraction of sp³-hybridized carbons (Fsp3) is 0. The van der Waals surface area contributed by atoms with Gasteiger partial charge in [-0.1, -0.05) is 30.3 Å². The Morgan fingerprint density at radius 1 is 1.13 bits per heavy atom. The van der Waals surface area contributed by atoms with E-state index in [2.05, 4.69) is 9.97 Å². The summed E-state index contributed by atoms with van der Waals surface area (Å²) >= 11 is 1.58. The lowest BCUT2D eigenvalue weighted by molar-refractivity contribution is 0.103. The number of fused-ring (bicyclic) bond motifs is 1. The molecule has 2 N–H and O–H groups in total. The van der Waals surface area contributed by atoms with Crippen molar-refractivity contribution in [1.29, 1.82) is 0 Å². The van der Waals surface area contributed by atoms with Gasteiger partial charge in [0.05, 0.1) is 11.3 Å². The van der Waals surface area contributed by atoms with Gasteiger partial charge in [-0.2, -0.15) is 16.3 Å². The molecule has 23 heavy (non-hydrogen) atoms. The maximum absolute atomic E-state index is 12.6. The second-order valence-electron chi connectivity index (χ2n) is 5.07. The topological polar surface area (TPSA) is 73.3 Å². The van der Waals surface area contributed by atoms with Crippen molar-refractivity contribution in [3.8, 4) is 11.3 Å². The van der Waals surface area contributed by atoms with Gasteiger partial charge in [0, 0.05) is 28.9 Å². The lowest BCUT2D eigenvalue weighted by atomic mass is 10.1. The fourth-order valence-electron chi connectivity index (χ4n) is 2.51. The molecule has 4 rings (SSSR count). The second-order valence-corrected chi connectivity index (χ2v) is 5.85. The first-order valence-electron chi connectivity index (χ1n) is 7.00. The van der Waals surface area contributed by atoms with Crippen molar-refractivity contribution in [2.45, 2.75) is 0 Å². The summed E-state index contributed by atoms with van der Waals surface area (Å²) in [6.45, 7) is 0. The third-order valence-corrected chi connectivity index (χ3v) is 4.28. The number of nitrogens with zero attached hydrogens (tertiary/aromatic N) is 3. The summed E-state index contributed by atoms with van der Waals surface area (Å²) in [6.07, 6.45) is 3.28. The Balaban J connectivity index is 1.88. The van der Waals surface area contributed by atoms with Crippen LogP contribution in [0.5, 0.6) is 0 Å². The van der Waals surface area contributed by atoms with E-state index in [9.17, 15) is 4.79 Å². The number of hydrogen-bond donors (Lipinski definition) is 1. The average Bonchev–Trinajstić information content (AvgIpc) is 3.20. The van der Waals surface area contributed by atoms with Gasteiger partial charge >= 0.3 is 0 Å². The normalized spacial score (nSPS) is 11.0. The number of imidazole rings is 1. The van der Waals surface area contributed by atoms with E-state index in [0.29, 0.717) is 22.7 Å². The van der Waals surface area contributed by atoms with E-state index in [-0.39, 0.29) is 5.78 Å². The summed E-state index contributed by atoms with van der Waals surface area (Å²) < 4.78 is 1.77. The zero-order valence-corrected chi connectivity index (χ0v) is 12.8. The van der Waals surface area contributed by atoms with Crippen molar-refractivity contribution in [3.63, 3.8) is 0 Å². The van der Waals surface area contributed by atoms with Crippen LogP contribution in [0.25, 0.3) is 17.0 Å². The van der Waals surface area contributed by atoms with E-state index >= 15 is 0 Å². The Morgan fingerprint density at radius 2 is 1.96 bits per heavy atom. The molecule has 4 aromatic rings. The van der Waals surface area contributed by atoms with Crippen molar-refractivity contribution in [1.82, 2.24) is 14.4 Å². The van der Waals surface area contributed by atoms with Crippen LogP contribution in [0.15, 0.2) is 59.6 Å². The monoisotopic (exact) mass is 320 g/mol. The van der Waals surface area contributed by atoms with Crippen molar-refractivity contribution in [2.24, 2.45) is 0 Å². The summed E-state index contributed by atoms with van der Waals surface area (Å²) in [6, 6.07) is 11.1. The second kappa shape index (κ2) is 5.33. The lowest BCUT2D eigenvalue weighted by Gasteiger charge is -2.04. The molecule has 112 valence electrons. The molecule has 0 amide bonds. The van der Waals surface area contributed by atoms with E-state index in [1.165, 1.54) is 6.20 Å². The predicted molar refractivity (Wildman–Crippen MR) is 90.6 cm³/mol. The molecule has 0 aliphatic carbocycles. The van der Waals surface area contributed by atoms with Crippen molar-refractivity contribution in [2.75, 3.05) is 5.73 Å². The van der Waals surface area contributed by atoms with Crippen LogP contribution in [0, 0.1) is 0 Å². The number of carbonyl (C=O) groups excluding carboxylic acids is 1. The highest BCUT2D eigenvalue weighted by Gasteiger charge is 2.16. The van der Waals surface area contributed by atoms with Crippen LogP contribution >= 0.6 is 11.3 Å². The molecule has 1 aromatic carbocycles. The molecule has 0 atom stereocenters. The number of nitrogens with two attached hydrogens (primary N) is 1. The summed E-state index contributed by atoms with van der Waals surface area (Å²) in [7, 11) is 0. The van der Waals surface area contributed by atoms with Crippen molar-refractivity contribution >= 4 is 28.7 Å². The van der Waals surface area contributed by atoms with Gasteiger partial charge in [-0.15, -0.1) is 0 Å². The number of anilines is 1. The van der Waals surface area contributed by atoms with Crippen LogP contribution in [-0.4, -0.2) is 20.2 Å². The van der Waals surface area contributed by atoms with E-state index in [1.54, 1.807) is 34.1 Å². The molecule has 0 fully saturated rings. The van der Waals surface area contributed by atoms with E-state index in [1.807, 2.05) is 35.0 Å². The number of rotatable bonds is 3. The Labute approximate surface area is 136 Å². The molecule has 0 saturated heterocycles. The van der Waals surface area contributed by atoms with Crippen LogP contribution in [0.3, 0.4) is 0 Å². The molecule has 0 radical (unpaired) electrons. The molecule has 6 heteroatoms. The average molecular weight is 320 g/mol. The largest absolute Gasteiger partial charge is 0.382 e. The molecule has 3 aromatic heterocycles. The van der Waals surface area contributed by atoms with Gasteiger partial charge in [-0.3, -0.25) is 9.20 Å². The number of thiophene rings is 1. The Kier molecular flexibility index (Phi) is 3.17. The number of nitrogen functional groups attached to an aromatic ring is 1. The quantitative estimate of drug-likeness (QED) is 0.588. The Hall–Kier alpha value is -2.99. The van der Waals surface area contributed by atoms with Crippen LogP contribution in [-0.2, 0) is 0 Å². The van der Waals surface area contributed by atoms with Crippen LogP contribution in [0.2, 0.25) is 0 Å². The SMILES string of the molecule is Nc1nc2ncc(C(=O)c3ccccc3)cn2c1-c1ccsc1. The third-order valence-electron chi connectivity index (χ3n) is 3.60. The van der Waals surface area contributed by atoms with Gasteiger partial charge in [-0.25, -0.2) is 4.98 Å². The molecule has 0 aliphatic heterocycles. The number of ketones is 1. The van der Waals surface area contributed by atoms with Gasteiger partial charge in [0.25, 0.3) is 0 Å². The molecule has 0 saturated carbocycles. The minimum absolute atomic E-state index is 0.0801. The maximum atomic E-state index is 12.6. The molecule has 5 nitrogen and oxygen atoms in total. The minimum atomic E-state index is -0.0801. The highest BCUT2D eigenvalue weighted by Crippen LogP contribution is 2.28. The van der Waals surface area contributed by atoms with Crippen LogP contribution < -0.4 is 5.73 Å². The highest BCUT2D eigenvalue weighted by atomic mass is 32.1. The zero-order chi connectivity index (χ0) is 15.8. The van der Waals surface area contributed by atoms with E-state index in [0.717, 1.165) is 11.3 Å². The first-order chi connectivity index (χ1) is 11.2. The predicted octanol–water partition coefficient (Wildman–Crippen LogP) is 3.27. The smallest absolute Gasteiger partial charge is 0.236 e. The van der Waals surface area contributed by atoms with Crippen LogP contribution in [0.4, 0.5) is 5.82 Å². The standard InChI is InChI=1S/C17H12N4OS/c18-16-14(12-6-7-23-10-12)21-9-13(8-19-17(21)20-16)15(22)11-4-2-1-3-5-11/h1-10H,18H2. The molecular formula is C17H12N4OS. The number of hydrogen-bond acceptors (Lipinski definition) is 5. The zero-order valence-electron chi connectivity index (χ0n) is 12.0. The van der Waals surface area contributed by atoms with Gasteiger partial charge in [-0.05, 0) is 11.4 Å². The summed E-state index contributed by atoms with van der Waals surface area (Å²) in [5.74, 6) is 0.803. The fourth-order valence-corrected chi connectivity index (χ4v) is 3.15. The number of benzene rings is 1. The lowest BCUT2D eigenvalue weighted by Crippen LogP contribution is -2.04. The van der Waals surface area contributed by atoms with Gasteiger partial charge in [0.2, 0.25) is 5.78 Å². The van der Waals surface area contributed by atoms with Gasteiger partial charge < -0.3 is 5.73 Å². The Morgan fingerprint density at radius 3 is 2.70 bits per heavy atom. The molecule has 0 bridgehead atoms. The summed E-state index contributed by atoms with van der Waals surface area (Å²) in [5.41, 5.74) is 8.88. The van der Waals surface area contributed by atoms with Crippen molar-refractivity contribution < 1.29 is 4.79 Å². The first kappa shape index (κ1) is 13.7. The molecule has 0 unspecified atom stereocenters. The molecule has 0 spiro atoms. The van der Waals surface area contributed by atoms with E-state index in [4.69, 9.17) is 5.73 Å². The number of aromatic nitrogens is 3. The molecule has 3 heterocycles. The first-order valence-corrected chi connectivity index (χ1v) is 7.94. The minimum Gasteiger partial charge on any atom is -0.382 e. The van der Waals surface area contributed by atoms with Crippen molar-refractivity contribution in [3.05, 3.63) is 70.7 Å². The summed E-state index contributed by atoms with van der Waals surface area (Å²) in [5, 5.41) is 3.96. The maximum Gasteiger partial charge on any atom is 0.236 e. The van der Waals surface area contributed by atoms with Gasteiger partial charge in [0.1, 0.15) is 0 Å². The molecule has 0 aliphatic rings. The Bertz CT molecular complexity index is 990. The molecular weight excluding hydrogens is 308 g/mol. The third kappa shape index (κ3) is 2.29. The number of carbonyl (C=O) groups is 1. The van der Waals surface area contributed by atoms with Crippen LogP contribution in [0.1, 0.15) is 15.9 Å². The summed E-state index contributed by atoms with van der Waals surface area (Å²) in [4.78, 5) is 21.1.